The summed E-state index contributed by atoms with van der Waals surface area (Å²) < 4.78 is 0. The summed E-state index contributed by atoms with van der Waals surface area (Å²) in [4.78, 5) is 67.6. The zero-order valence-electron chi connectivity index (χ0n) is 22.7. The molecule has 2 unspecified atom stereocenters. The number of likely N-dealkylation sites (N-methyl/N-ethyl adjacent to an activating group) is 1. The highest BCUT2D eigenvalue weighted by Crippen LogP contribution is 2.51. The summed E-state index contributed by atoms with van der Waals surface area (Å²) in [5.41, 5.74) is 4.61. The average Bonchev–Trinajstić information content (AvgIpc) is 2.91. The van der Waals surface area contributed by atoms with Crippen LogP contribution in [0, 0.1) is 23.7 Å². The third kappa shape index (κ3) is 4.59. The zero-order valence-corrected chi connectivity index (χ0v) is 23.5. The molecule has 2 fully saturated rings. The summed E-state index contributed by atoms with van der Waals surface area (Å²) in [6.45, 7) is 0.979. The van der Waals surface area contributed by atoms with Crippen molar-refractivity contribution in [2.24, 2.45) is 29.4 Å². The molecule has 2 saturated carbocycles. The number of rotatable bonds is 7. The van der Waals surface area contributed by atoms with Crippen molar-refractivity contribution in [3.8, 4) is 5.75 Å². The number of nitrogens with two attached hydrogens (primary N) is 1. The molecule has 2 aromatic carbocycles. The van der Waals surface area contributed by atoms with E-state index in [-0.39, 0.29) is 24.2 Å². The van der Waals surface area contributed by atoms with Crippen molar-refractivity contribution in [3.05, 3.63) is 63.7 Å². The van der Waals surface area contributed by atoms with E-state index in [0.717, 1.165) is 12.0 Å². The second-order valence-corrected chi connectivity index (χ2v) is 11.8. The Morgan fingerprint density at radius 2 is 1.83 bits per heavy atom. The number of phenolic OH excluding ortho intramolecular Hbond substituents is 1. The van der Waals surface area contributed by atoms with Gasteiger partial charge < -0.3 is 21.3 Å². The number of carbonyl (C=O) groups is 5. The highest BCUT2D eigenvalue weighted by Gasteiger charge is 2.69. The number of carbonyl (C=O) groups excluding carboxylic acids is 5. The van der Waals surface area contributed by atoms with Gasteiger partial charge in [0, 0.05) is 17.5 Å². The van der Waals surface area contributed by atoms with Crippen LogP contribution in [0.3, 0.4) is 0 Å². The molecule has 0 spiro atoms. The number of aliphatic hydroxyl groups is 1. The van der Waals surface area contributed by atoms with Crippen LogP contribution in [0.15, 0.2) is 36.4 Å². The molecule has 41 heavy (non-hydrogen) atoms. The minimum absolute atomic E-state index is 0.0272. The number of nitrogens with zero attached hydrogens (tertiary/aromatic N) is 1. The van der Waals surface area contributed by atoms with Crippen LogP contribution < -0.4 is 11.1 Å². The smallest absolute Gasteiger partial charge is 0.235 e. The molecule has 5 rings (SSSR count). The molecule has 3 aliphatic rings. The van der Waals surface area contributed by atoms with E-state index < -0.39 is 64.4 Å². The fourth-order valence-corrected chi connectivity index (χ4v) is 7.23. The molecule has 10 nitrogen and oxygen atoms in total. The Morgan fingerprint density at radius 1 is 1.15 bits per heavy atom. The lowest BCUT2D eigenvalue weighted by molar-refractivity contribution is -0.181. The summed E-state index contributed by atoms with van der Waals surface area (Å²) in [5.74, 6) is -10.8. The SMILES string of the molecule is CN(C)[C@@H]1C(=O)C(C(N)=O)C(=O)[C@@]2(O)C(=O)C3C(=O)c4c(O)cc(CNCCc5ccccc5)c(Cl)c4C[C@H]3C[C@@H]12. The van der Waals surface area contributed by atoms with Crippen molar-refractivity contribution in [2.45, 2.75) is 37.5 Å². The van der Waals surface area contributed by atoms with Gasteiger partial charge in [-0.3, -0.25) is 28.9 Å². The summed E-state index contributed by atoms with van der Waals surface area (Å²) >= 11 is 6.77. The molecule has 0 saturated heterocycles. The first-order valence-electron chi connectivity index (χ1n) is 13.5. The van der Waals surface area contributed by atoms with Crippen molar-refractivity contribution < 1.29 is 34.2 Å². The van der Waals surface area contributed by atoms with Crippen molar-refractivity contribution in [3.63, 3.8) is 0 Å². The van der Waals surface area contributed by atoms with Crippen molar-refractivity contribution in [1.29, 1.82) is 0 Å². The number of fused-ring (bicyclic) bond motifs is 3. The standard InChI is InChI=1S/C30H32ClN3O7/c1-34(2)24-18-11-15-10-17-21(19(35)12-16(23(17)31)13-33-9-8-14-6-4-3-5-7-14)25(36)20(15)27(38)30(18,41)28(39)22(26(24)37)29(32)40/h3-7,12,15,18,20,22,24,33,35,41H,8-11,13H2,1-2H3,(H2,32,40)/t15-,18-,20?,22?,24-,30-/m0/s1. The fourth-order valence-electron chi connectivity index (χ4n) is 6.94. The fraction of sp³-hybridized carbons (Fsp3) is 0.433. The second kappa shape index (κ2) is 10.8. The van der Waals surface area contributed by atoms with E-state index in [9.17, 15) is 34.2 Å². The lowest BCUT2D eigenvalue weighted by atomic mass is 9.52. The second-order valence-electron chi connectivity index (χ2n) is 11.4. The molecular weight excluding hydrogens is 550 g/mol. The number of primary amides is 1. The van der Waals surface area contributed by atoms with E-state index in [4.69, 9.17) is 17.3 Å². The van der Waals surface area contributed by atoms with Crippen LogP contribution in [0.1, 0.15) is 33.5 Å². The molecule has 216 valence electrons. The minimum Gasteiger partial charge on any atom is -0.507 e. The number of hydrogen-bond acceptors (Lipinski definition) is 9. The van der Waals surface area contributed by atoms with E-state index in [2.05, 4.69) is 5.32 Å². The molecular formula is C30H32ClN3O7. The van der Waals surface area contributed by atoms with Gasteiger partial charge in [0.15, 0.2) is 34.7 Å². The van der Waals surface area contributed by atoms with Gasteiger partial charge in [0.25, 0.3) is 0 Å². The number of phenols is 1. The van der Waals surface area contributed by atoms with Gasteiger partial charge in [-0.05, 0) is 68.6 Å². The summed E-state index contributed by atoms with van der Waals surface area (Å²) in [7, 11) is 3.08. The number of ketones is 4. The monoisotopic (exact) mass is 581 g/mol. The molecule has 1 amide bonds. The molecule has 0 bridgehead atoms. The molecule has 3 aliphatic carbocycles. The number of nitrogens with one attached hydrogen (secondary N) is 1. The number of halogens is 1. The van der Waals surface area contributed by atoms with E-state index in [1.54, 1.807) is 14.1 Å². The summed E-state index contributed by atoms with van der Waals surface area (Å²) in [5, 5.41) is 26.1. The molecule has 2 aromatic rings. The van der Waals surface area contributed by atoms with Crippen LogP contribution in [0.25, 0.3) is 0 Å². The Balaban J connectivity index is 1.46. The van der Waals surface area contributed by atoms with Gasteiger partial charge in [0.05, 0.1) is 17.5 Å². The molecule has 0 radical (unpaired) electrons. The largest absolute Gasteiger partial charge is 0.507 e. The summed E-state index contributed by atoms with van der Waals surface area (Å²) in [6, 6.07) is 10.2. The normalized spacial score (nSPS) is 29.2. The van der Waals surface area contributed by atoms with Gasteiger partial charge in [0.1, 0.15) is 5.75 Å². The maximum absolute atomic E-state index is 13.8. The topological polar surface area (TPSA) is 167 Å². The van der Waals surface area contributed by atoms with Gasteiger partial charge >= 0.3 is 0 Å². The molecule has 0 aromatic heterocycles. The van der Waals surface area contributed by atoms with Gasteiger partial charge in [-0.1, -0.05) is 41.9 Å². The molecule has 0 aliphatic heterocycles. The highest BCUT2D eigenvalue weighted by molar-refractivity contribution is 6.34. The summed E-state index contributed by atoms with van der Waals surface area (Å²) in [6.07, 6.45) is 0.877. The first kappa shape index (κ1) is 29.1. The average molecular weight is 582 g/mol. The predicted molar refractivity (Wildman–Crippen MR) is 148 cm³/mol. The van der Waals surface area contributed by atoms with Crippen molar-refractivity contribution in [2.75, 3.05) is 20.6 Å². The Morgan fingerprint density at radius 3 is 2.46 bits per heavy atom. The Kier molecular flexibility index (Phi) is 7.63. The quantitative estimate of drug-likeness (QED) is 0.274. The lowest BCUT2D eigenvalue weighted by Gasteiger charge is -2.52. The highest BCUT2D eigenvalue weighted by atomic mass is 35.5. The van der Waals surface area contributed by atoms with E-state index in [1.807, 2.05) is 30.3 Å². The predicted octanol–water partition coefficient (Wildman–Crippen LogP) is 0.853. The van der Waals surface area contributed by atoms with Gasteiger partial charge in [-0.15, -0.1) is 0 Å². The molecule has 6 atom stereocenters. The van der Waals surface area contributed by atoms with Gasteiger partial charge in [-0.2, -0.15) is 0 Å². The molecule has 5 N–H and O–H groups in total. The van der Waals surface area contributed by atoms with Crippen molar-refractivity contribution in [1.82, 2.24) is 10.2 Å². The maximum atomic E-state index is 13.8. The van der Waals surface area contributed by atoms with Crippen molar-refractivity contribution >= 4 is 40.6 Å². The van der Waals surface area contributed by atoms with Gasteiger partial charge in [-0.25, -0.2) is 0 Å². The van der Waals surface area contributed by atoms with Crippen LogP contribution in [0.5, 0.6) is 5.75 Å². The Hall–Kier alpha value is -3.44. The Labute approximate surface area is 241 Å². The number of aromatic hydroxyl groups is 1. The number of amides is 1. The maximum Gasteiger partial charge on any atom is 0.235 e. The molecule has 0 heterocycles. The van der Waals surface area contributed by atoms with Crippen LogP contribution in [-0.4, -0.2) is 76.4 Å². The first-order valence-corrected chi connectivity index (χ1v) is 13.9. The van der Waals surface area contributed by atoms with E-state index in [0.29, 0.717) is 29.2 Å². The van der Waals surface area contributed by atoms with Crippen LogP contribution in [-0.2, 0) is 38.6 Å². The van der Waals surface area contributed by atoms with Gasteiger partial charge in [0.2, 0.25) is 5.91 Å². The number of benzene rings is 2. The Bertz CT molecular complexity index is 1460. The third-order valence-corrected chi connectivity index (χ3v) is 9.29. The van der Waals surface area contributed by atoms with E-state index in [1.165, 1.54) is 11.0 Å². The number of Topliss-reactive ketones (excluding diaryl/α,β-unsaturated/α-hetero) is 4. The van der Waals surface area contributed by atoms with Crippen LogP contribution >= 0.6 is 11.6 Å². The minimum atomic E-state index is -2.75. The lowest BCUT2D eigenvalue weighted by Crippen LogP contribution is -2.74. The molecule has 11 heteroatoms. The van der Waals surface area contributed by atoms with E-state index >= 15 is 0 Å². The third-order valence-electron chi connectivity index (χ3n) is 8.82. The van der Waals surface area contributed by atoms with Crippen LogP contribution in [0.2, 0.25) is 5.02 Å². The first-order chi connectivity index (χ1) is 19.4. The number of hydrogen-bond donors (Lipinski definition) is 4. The van der Waals surface area contributed by atoms with Crippen LogP contribution in [0.4, 0.5) is 0 Å². The zero-order chi connectivity index (χ0) is 29.8.